The van der Waals surface area contributed by atoms with Gasteiger partial charge in [0.2, 0.25) is 11.3 Å². The summed E-state index contributed by atoms with van der Waals surface area (Å²) >= 11 is 5.35. The molecule has 10 N–H and O–H groups in total. The number of aryl methyl sites for hydroxylation is 2. The Morgan fingerprint density at radius 1 is 0.864 bits per heavy atom. The number of phosphoric ester groups is 1. The van der Waals surface area contributed by atoms with Crippen LogP contribution in [0, 0.1) is 11.8 Å². The highest BCUT2D eigenvalue weighted by atomic mass is 33.1. The van der Waals surface area contributed by atoms with Crippen molar-refractivity contribution in [2.24, 2.45) is 5.73 Å². The normalized spacial score (nSPS) is 20.5. The summed E-state index contributed by atoms with van der Waals surface area (Å²) in [6.07, 6.45) is 6.02. The number of urea groups is 1. The molecule has 10 rings (SSSR count). The number of nitrogens with two attached hydrogens (primary N) is 1. The highest BCUT2D eigenvalue weighted by molar-refractivity contribution is 8.77. The Bertz CT molecular complexity index is 4090. The van der Waals surface area contributed by atoms with Gasteiger partial charge in [0.1, 0.15) is 49.0 Å². The largest absolute Gasteiger partial charge is 0.490 e. The SMILES string of the molecule is CCS(=S)CO[C@@H]1C[C@H](N2C=C(C#CCNC(=O)OCCCOCSSC(C)(C)CCC(=O)NCCOCCOCCCC(=O)c3ccc(C(=O)O)c(C4=c5cc6c7c(c5Oc5c4cc4c8c5CCCN8CCC4)CCC[N+]=7CCC6)c3)C(N)NC2=O)O[C@@H]1COP(=O)(O)OP(=O)(O)OP(=O)(O)O. The number of amides is 4. The van der Waals surface area contributed by atoms with Gasteiger partial charge in [-0.2, -0.15) is 8.62 Å². The van der Waals surface area contributed by atoms with Crippen LogP contribution in [0.5, 0.6) is 11.5 Å². The summed E-state index contributed by atoms with van der Waals surface area (Å²) < 4.78 is 91.4. The van der Waals surface area contributed by atoms with Gasteiger partial charge in [0.15, 0.2) is 5.78 Å². The summed E-state index contributed by atoms with van der Waals surface area (Å²) in [7, 11) is -14.5. The number of benzene rings is 3. The van der Waals surface area contributed by atoms with Crippen LogP contribution in [0.25, 0.3) is 5.57 Å². The quantitative estimate of drug-likeness (QED) is 0.00471. The third-order valence-corrected chi connectivity index (χ3v) is 26.8. The second kappa shape index (κ2) is 36.6. The van der Waals surface area contributed by atoms with E-state index in [4.69, 9.17) is 64.4 Å². The molecule has 0 aromatic heterocycles. The summed E-state index contributed by atoms with van der Waals surface area (Å²) in [4.78, 5) is 106. The average molecular weight is 1570 g/mol. The van der Waals surface area contributed by atoms with Crippen LogP contribution < -0.4 is 46.5 Å². The molecule has 7 aliphatic heterocycles. The fourth-order valence-corrected chi connectivity index (χ4v) is 19.2. The maximum Gasteiger partial charge on any atom is 0.490 e. The number of carboxylic acid groups (broad SMARTS) is 1. The van der Waals surface area contributed by atoms with Crippen LogP contribution in [0.15, 0.2) is 42.1 Å². The Labute approximate surface area is 611 Å². The van der Waals surface area contributed by atoms with Crippen LogP contribution in [-0.4, -0.2) is 192 Å². The van der Waals surface area contributed by atoms with Gasteiger partial charge >= 0.3 is 41.6 Å². The average Bonchev–Trinajstić information content (AvgIpc) is 1.01. The smallest absolute Gasteiger partial charge is 0.478 e. The van der Waals surface area contributed by atoms with Gasteiger partial charge in [-0.1, -0.05) is 55.9 Å². The van der Waals surface area contributed by atoms with Crippen molar-refractivity contribution >= 4 is 107 Å². The molecule has 1 saturated heterocycles. The Balaban J connectivity index is 0.581. The lowest BCUT2D eigenvalue weighted by molar-refractivity contribution is -0.121. The van der Waals surface area contributed by atoms with Crippen molar-refractivity contribution in [3.05, 3.63) is 97.2 Å². The number of hydrogen-bond acceptors (Lipinski definition) is 23. The third kappa shape index (κ3) is 22.0. The summed E-state index contributed by atoms with van der Waals surface area (Å²) in [5.74, 6) is 6.92. The van der Waals surface area contributed by atoms with Gasteiger partial charge in [-0.05, 0) is 118 Å². The predicted octanol–water partition coefficient (Wildman–Crippen LogP) is 6.06. The standard InChI is InChI=1S/C66H88N7O23P3S4/c1-4-103(100)41-91-53-37-56(93-54(53)39-92-98(83,84)96-99(85,86)95-97(80,81)82)73-38-45(62(67)70-64(73)78)12-5-22-69-65(79)90-30-11-29-89-40-101-102-66(2,3)21-20-55(75)68-23-31-88-33-32-87-28-10-17-52(74)42-18-19-46(63(76)77)49(34-42)57-50-35-43-13-6-24-71-26-8-15-47(58(43)71)60(50)94-61-48-16-9-27-72-25-7-14-44(59(48)72)36-51(57)61/h18-19,34-36,38,53-54,56,62H,4,6-11,13-17,20-33,37,39-41,67H2,1-3H3,(H7-,68,69,70,75,76,77,78,79,80,81,82,83,84,85,86)/p+1/t53-,54-,56-,62?,103?/m1/s1. The molecule has 4 amide bonds. The van der Waals surface area contributed by atoms with Gasteiger partial charge in [-0.15, -0.1) is 0 Å². The predicted molar refractivity (Wildman–Crippen MR) is 387 cm³/mol. The van der Waals surface area contributed by atoms with E-state index >= 15 is 0 Å². The number of carbonyl (C=O) groups excluding carboxylic acids is 4. The number of carbonyl (C=O) groups is 5. The lowest BCUT2D eigenvalue weighted by atomic mass is 9.81. The van der Waals surface area contributed by atoms with Crippen LogP contribution in [0.4, 0.5) is 15.3 Å². The van der Waals surface area contributed by atoms with Gasteiger partial charge in [0, 0.05) is 114 Å². The molecule has 30 nitrogen and oxygen atoms in total. The summed E-state index contributed by atoms with van der Waals surface area (Å²) in [5.41, 5.74) is 15.4. The molecule has 0 radical (unpaired) electrons. The zero-order chi connectivity index (χ0) is 73.6. The maximum absolute atomic E-state index is 14.0. The van der Waals surface area contributed by atoms with E-state index < -0.39 is 82.2 Å². The highest BCUT2D eigenvalue weighted by Gasteiger charge is 2.46. The minimum absolute atomic E-state index is 0.0398. The van der Waals surface area contributed by atoms with E-state index in [1.165, 1.54) is 50.3 Å². The number of anilines is 1. The van der Waals surface area contributed by atoms with E-state index in [-0.39, 0.29) is 59.5 Å². The van der Waals surface area contributed by atoms with Crippen LogP contribution in [0.2, 0.25) is 0 Å². The van der Waals surface area contributed by atoms with Gasteiger partial charge in [-0.25, -0.2) is 32.7 Å². The number of ketones is 1. The molecule has 0 saturated carbocycles. The Morgan fingerprint density at radius 2 is 1.60 bits per heavy atom. The van der Waals surface area contributed by atoms with E-state index in [0.29, 0.717) is 88.1 Å². The zero-order valence-electron chi connectivity index (χ0n) is 57.5. The molecule has 103 heavy (non-hydrogen) atoms. The second-order valence-electron chi connectivity index (χ2n) is 25.9. The van der Waals surface area contributed by atoms with Crippen LogP contribution in [0.3, 0.4) is 0 Å². The Kier molecular flexibility index (Phi) is 28.6. The molecule has 3 aromatic carbocycles. The maximum atomic E-state index is 14.0. The molecule has 1 fully saturated rings. The van der Waals surface area contributed by atoms with Gasteiger partial charge in [-0.3, -0.25) is 19.0 Å². The van der Waals surface area contributed by atoms with Gasteiger partial charge in [0.25, 0.3) is 0 Å². The van der Waals surface area contributed by atoms with Crippen molar-refractivity contribution in [1.29, 1.82) is 0 Å². The first-order valence-corrected chi connectivity index (χ1v) is 43.5. The number of aromatic carboxylic acids is 1. The number of hydrogen-bond donors (Lipinski definition) is 9. The molecule has 3 aromatic rings. The van der Waals surface area contributed by atoms with E-state index in [1.807, 2.05) is 20.8 Å². The molecule has 7 heterocycles. The molecule has 7 atom stereocenters. The molecule has 0 spiro atoms. The van der Waals surface area contributed by atoms with Crippen molar-refractivity contribution in [3.8, 4) is 23.3 Å². The minimum Gasteiger partial charge on any atom is -0.478 e. The highest BCUT2D eigenvalue weighted by Crippen LogP contribution is 2.66. The summed E-state index contributed by atoms with van der Waals surface area (Å²) in [6, 6.07) is 8.79. The molecule has 37 heteroatoms. The van der Waals surface area contributed by atoms with Crippen molar-refractivity contribution in [2.75, 3.05) is 108 Å². The van der Waals surface area contributed by atoms with E-state index in [1.54, 1.807) is 29.0 Å². The zero-order valence-corrected chi connectivity index (χ0v) is 63.4. The number of ether oxygens (including phenoxy) is 7. The second-order valence-corrected chi connectivity index (χ2v) is 36.3. The number of nitrogens with one attached hydrogen (secondary N) is 3. The molecule has 0 aliphatic carbocycles. The number of fused-ring (bicyclic) bond motifs is 4. The lowest BCUT2D eigenvalue weighted by Gasteiger charge is -2.39. The van der Waals surface area contributed by atoms with E-state index in [0.717, 1.165) is 110 Å². The van der Waals surface area contributed by atoms with E-state index in [9.17, 15) is 52.6 Å². The monoisotopic (exact) mass is 1570 g/mol. The molecule has 4 unspecified atom stereocenters. The number of alkyl carbamates (subject to hydrolysis) is 1. The van der Waals surface area contributed by atoms with Gasteiger partial charge < -0.3 is 84.4 Å². The number of nitrogens with zero attached hydrogens (tertiary/aromatic N) is 3. The van der Waals surface area contributed by atoms with Crippen LogP contribution in [-0.2, 0) is 106 Å². The first-order valence-electron chi connectivity index (χ1n) is 34.2. The fourth-order valence-electron chi connectivity index (χ4n) is 13.3. The fraction of sp³-hybridized carbons (Fsp3) is 0.576. The topological polar surface area (TPSA) is 402 Å². The lowest BCUT2D eigenvalue weighted by Crippen LogP contribution is -2.54. The third-order valence-electron chi connectivity index (χ3n) is 17.9. The molecular formula is C66H89N7O23P3S4+. The van der Waals surface area contributed by atoms with Crippen molar-refractivity contribution < 1.29 is 109 Å². The van der Waals surface area contributed by atoms with Crippen molar-refractivity contribution in [2.45, 2.75) is 140 Å². The van der Waals surface area contributed by atoms with E-state index in [2.05, 4.69) is 58.0 Å². The summed E-state index contributed by atoms with van der Waals surface area (Å²) in [6.45, 7) is 10.9. The molecular weight excluding hydrogens is 1480 g/mol. The van der Waals surface area contributed by atoms with Crippen LogP contribution in [0.1, 0.15) is 139 Å². The minimum atomic E-state index is -5.79. The van der Waals surface area contributed by atoms with Crippen molar-refractivity contribution in [1.82, 2.24) is 25.4 Å². The molecule has 0 bridgehead atoms. The first-order chi connectivity index (χ1) is 49.2. The first kappa shape index (κ1) is 80.4. The van der Waals surface area contributed by atoms with Crippen LogP contribution >= 0.6 is 45.1 Å². The van der Waals surface area contributed by atoms with Crippen molar-refractivity contribution in [3.63, 3.8) is 0 Å². The van der Waals surface area contributed by atoms with Gasteiger partial charge in [0.05, 0.1) is 74.9 Å². The number of carboxylic acids is 1. The molecule has 7 aliphatic rings. The Hall–Kier alpha value is -5.18. The Morgan fingerprint density at radius 3 is 2.37 bits per heavy atom. The number of phosphoric acid groups is 3. The summed E-state index contributed by atoms with van der Waals surface area (Å²) in [5, 5.41) is 20.9. The molecule has 564 valence electrons. The number of Topliss-reactive ketones (excluding diaryl/α,β-unsaturated/α-hetero) is 1. The number of rotatable bonds is 37.